The van der Waals surface area contributed by atoms with Crippen LogP contribution in [0.4, 0.5) is 0 Å². The fraction of sp³-hybridized carbons (Fsp3) is 0.581. The van der Waals surface area contributed by atoms with Crippen LogP contribution in [0, 0.1) is 36.5 Å². The van der Waals surface area contributed by atoms with E-state index in [-0.39, 0.29) is 29.2 Å². The molecule has 0 aliphatic heterocycles. The Hall–Kier alpha value is -3.13. The first-order chi connectivity index (χ1) is 18.4. The van der Waals surface area contributed by atoms with Gasteiger partial charge in [0.25, 0.3) is 5.91 Å². The third-order valence-corrected chi connectivity index (χ3v) is 9.82. The zero-order valence-corrected chi connectivity index (χ0v) is 22.9. The van der Waals surface area contributed by atoms with E-state index >= 15 is 0 Å². The van der Waals surface area contributed by atoms with Gasteiger partial charge in [-0.15, -0.1) is 0 Å². The SMILES string of the molecule is Cc1cc(CCC2CCCCC2)c(O)c2c1C[C@H]1C[C@H]3[C@H](C(C)C)C(=O)C(C(N)=O)=C(O)[C@@]3(O)C(=O)C1=C2O. The average Bonchev–Trinajstić information content (AvgIpc) is 2.87. The van der Waals surface area contributed by atoms with E-state index < -0.39 is 57.9 Å². The minimum Gasteiger partial charge on any atom is -0.508 e. The first-order valence-corrected chi connectivity index (χ1v) is 14.2. The standard InChI is InChI=1S/C31H39NO7/c1-14(2)21-20-13-18-12-19-15(3)11-17(10-9-16-7-5-4-6-8-16)25(33)23(19)27(35)22(18)28(36)31(20,39)29(37)24(26(21)34)30(32)38/h11,14,16,18,20-21,33,35,37,39H,4-10,12-13H2,1-3H3,(H2,32,38)/t18-,20-,21-,31-/m0/s1. The predicted molar refractivity (Wildman–Crippen MR) is 145 cm³/mol. The van der Waals surface area contributed by atoms with Crippen LogP contribution in [-0.4, -0.2) is 43.5 Å². The Morgan fingerprint density at radius 1 is 1.13 bits per heavy atom. The second-order valence-corrected chi connectivity index (χ2v) is 12.4. The van der Waals surface area contributed by atoms with Gasteiger partial charge in [0.05, 0.1) is 5.56 Å². The van der Waals surface area contributed by atoms with E-state index in [2.05, 4.69) is 0 Å². The molecule has 8 nitrogen and oxygen atoms in total. The largest absolute Gasteiger partial charge is 0.508 e. The summed E-state index contributed by atoms with van der Waals surface area (Å²) in [6.45, 7) is 5.44. The van der Waals surface area contributed by atoms with Crippen LogP contribution in [0.25, 0.3) is 5.76 Å². The summed E-state index contributed by atoms with van der Waals surface area (Å²) in [5.41, 5.74) is 4.51. The molecule has 4 aliphatic rings. The second-order valence-electron chi connectivity index (χ2n) is 12.4. The quantitative estimate of drug-likeness (QED) is 0.353. The van der Waals surface area contributed by atoms with Gasteiger partial charge in [0.1, 0.15) is 22.8 Å². The summed E-state index contributed by atoms with van der Waals surface area (Å²) in [7, 11) is 0. The zero-order valence-electron chi connectivity index (χ0n) is 22.9. The summed E-state index contributed by atoms with van der Waals surface area (Å²) in [6, 6.07) is 1.96. The van der Waals surface area contributed by atoms with Gasteiger partial charge in [-0.25, -0.2) is 0 Å². The van der Waals surface area contributed by atoms with Gasteiger partial charge in [0.2, 0.25) is 5.78 Å². The minimum atomic E-state index is -2.58. The number of fused-ring (bicyclic) bond motifs is 3. The number of phenols is 1. The summed E-state index contributed by atoms with van der Waals surface area (Å²) in [5, 5.41) is 45.6. The average molecular weight is 538 g/mol. The minimum absolute atomic E-state index is 0.0618. The van der Waals surface area contributed by atoms with Crippen molar-refractivity contribution in [2.45, 2.75) is 84.2 Å². The van der Waals surface area contributed by atoms with Crippen molar-refractivity contribution in [3.05, 3.63) is 45.2 Å². The van der Waals surface area contributed by atoms with Gasteiger partial charge in [0, 0.05) is 17.4 Å². The Morgan fingerprint density at radius 3 is 2.41 bits per heavy atom. The molecule has 0 bridgehead atoms. The van der Waals surface area contributed by atoms with Gasteiger partial charge < -0.3 is 26.2 Å². The van der Waals surface area contributed by atoms with E-state index in [0.29, 0.717) is 24.3 Å². The Morgan fingerprint density at radius 2 is 1.79 bits per heavy atom. The zero-order chi connectivity index (χ0) is 28.4. The number of ketones is 2. The number of aliphatic hydroxyl groups is 3. The summed E-state index contributed by atoms with van der Waals surface area (Å²) in [4.78, 5) is 39.4. The number of carbonyl (C=O) groups is 3. The molecule has 2 fully saturated rings. The number of aliphatic hydroxyl groups excluding tert-OH is 2. The molecular weight excluding hydrogens is 498 g/mol. The number of aryl methyl sites for hydroxylation is 2. The van der Waals surface area contributed by atoms with Crippen molar-refractivity contribution < 1.29 is 34.8 Å². The lowest BCUT2D eigenvalue weighted by atomic mass is 9.54. The van der Waals surface area contributed by atoms with E-state index in [0.717, 1.165) is 17.5 Å². The normalized spacial score (nSPS) is 29.4. The number of benzene rings is 1. The Bertz CT molecular complexity index is 1320. The van der Waals surface area contributed by atoms with E-state index in [9.17, 15) is 34.8 Å². The van der Waals surface area contributed by atoms with Crippen LogP contribution in [0.3, 0.4) is 0 Å². The van der Waals surface area contributed by atoms with Crippen molar-refractivity contribution in [2.75, 3.05) is 0 Å². The van der Waals surface area contributed by atoms with E-state index in [4.69, 9.17) is 5.73 Å². The molecule has 2 saturated carbocycles. The maximum Gasteiger partial charge on any atom is 0.255 e. The van der Waals surface area contributed by atoms with E-state index in [1.54, 1.807) is 13.8 Å². The molecule has 0 unspecified atom stereocenters. The third kappa shape index (κ3) is 4.10. The number of rotatable bonds is 5. The number of phenolic OH excluding ortho intramolecular Hbond substituents is 1. The van der Waals surface area contributed by atoms with Gasteiger partial charge in [-0.2, -0.15) is 0 Å². The summed E-state index contributed by atoms with van der Waals surface area (Å²) in [5.74, 6) is -6.55. The molecule has 0 radical (unpaired) electrons. The topological polar surface area (TPSA) is 158 Å². The van der Waals surface area contributed by atoms with E-state index in [1.807, 2.05) is 13.0 Å². The first-order valence-electron chi connectivity index (χ1n) is 14.2. The lowest BCUT2D eigenvalue weighted by Crippen LogP contribution is -2.62. The van der Waals surface area contributed by atoms with Gasteiger partial charge >= 0.3 is 0 Å². The van der Waals surface area contributed by atoms with Crippen molar-refractivity contribution in [2.24, 2.45) is 35.3 Å². The van der Waals surface area contributed by atoms with Crippen LogP contribution in [0.1, 0.15) is 81.0 Å². The highest BCUT2D eigenvalue weighted by Crippen LogP contribution is 2.55. The number of carbonyl (C=O) groups excluding carboxylic acids is 3. The number of aromatic hydroxyl groups is 1. The molecule has 1 aromatic rings. The molecule has 39 heavy (non-hydrogen) atoms. The number of primary amides is 1. The Balaban J connectivity index is 1.60. The van der Waals surface area contributed by atoms with Gasteiger partial charge in [-0.05, 0) is 67.1 Å². The van der Waals surface area contributed by atoms with Crippen molar-refractivity contribution in [1.29, 1.82) is 0 Å². The van der Waals surface area contributed by atoms with Gasteiger partial charge in [-0.3, -0.25) is 14.4 Å². The van der Waals surface area contributed by atoms with Crippen molar-refractivity contribution in [1.82, 2.24) is 0 Å². The molecule has 1 amide bonds. The fourth-order valence-electron chi connectivity index (χ4n) is 7.83. The smallest absolute Gasteiger partial charge is 0.255 e. The highest BCUT2D eigenvalue weighted by atomic mass is 16.3. The molecule has 210 valence electrons. The third-order valence-electron chi connectivity index (χ3n) is 9.82. The molecule has 4 atom stereocenters. The Labute approximate surface area is 228 Å². The molecule has 8 heteroatoms. The van der Waals surface area contributed by atoms with E-state index in [1.165, 1.54) is 32.1 Å². The molecule has 5 rings (SSSR count). The van der Waals surface area contributed by atoms with Crippen molar-refractivity contribution >= 4 is 23.2 Å². The van der Waals surface area contributed by atoms with Crippen molar-refractivity contribution in [3.8, 4) is 5.75 Å². The molecule has 6 N–H and O–H groups in total. The van der Waals surface area contributed by atoms with Crippen LogP contribution in [0.15, 0.2) is 23.0 Å². The second kappa shape index (κ2) is 9.81. The monoisotopic (exact) mass is 537 g/mol. The molecular formula is C31H39NO7. The maximum atomic E-state index is 14.0. The predicted octanol–water partition coefficient (Wildman–Crippen LogP) is 4.13. The number of hydrogen-bond acceptors (Lipinski definition) is 7. The molecule has 0 spiro atoms. The lowest BCUT2D eigenvalue weighted by molar-refractivity contribution is -0.155. The number of hydrogen-bond donors (Lipinski definition) is 5. The maximum absolute atomic E-state index is 14.0. The number of Topliss-reactive ketones (excluding diaryl/α,β-unsaturated/α-hetero) is 2. The summed E-state index contributed by atoms with van der Waals surface area (Å²) < 4.78 is 0. The molecule has 4 aliphatic carbocycles. The molecule has 0 heterocycles. The highest BCUT2D eigenvalue weighted by Gasteiger charge is 2.64. The van der Waals surface area contributed by atoms with Crippen molar-refractivity contribution in [3.63, 3.8) is 0 Å². The Kier molecular flexibility index (Phi) is 6.90. The van der Waals surface area contributed by atoms with Crippen LogP contribution in [0.2, 0.25) is 0 Å². The van der Waals surface area contributed by atoms with Crippen LogP contribution in [0.5, 0.6) is 5.75 Å². The van der Waals surface area contributed by atoms with Crippen LogP contribution < -0.4 is 5.73 Å². The van der Waals surface area contributed by atoms with Crippen LogP contribution >= 0.6 is 0 Å². The summed E-state index contributed by atoms with van der Waals surface area (Å²) >= 11 is 0. The molecule has 1 aromatic carbocycles. The molecule has 0 aromatic heterocycles. The molecule has 0 saturated heterocycles. The highest BCUT2D eigenvalue weighted by molar-refractivity contribution is 6.23. The van der Waals surface area contributed by atoms with Crippen LogP contribution in [-0.2, 0) is 27.2 Å². The fourth-order valence-corrected chi connectivity index (χ4v) is 7.83. The number of amides is 1. The van der Waals surface area contributed by atoms with Gasteiger partial charge in [-0.1, -0.05) is 52.0 Å². The summed E-state index contributed by atoms with van der Waals surface area (Å²) in [6.07, 6.45) is 8.13. The van der Waals surface area contributed by atoms with Gasteiger partial charge in [0.15, 0.2) is 11.4 Å². The lowest BCUT2D eigenvalue weighted by Gasteiger charge is -2.50. The number of nitrogens with two attached hydrogens (primary N) is 1. The first kappa shape index (κ1) is 27.4.